The van der Waals surface area contributed by atoms with Gasteiger partial charge >= 0.3 is 0 Å². The summed E-state index contributed by atoms with van der Waals surface area (Å²) in [5.74, 6) is 0.740. The van der Waals surface area contributed by atoms with Gasteiger partial charge in [0, 0.05) is 4.88 Å². The van der Waals surface area contributed by atoms with E-state index in [1.54, 1.807) is 4.88 Å². The molecule has 15 heavy (non-hydrogen) atoms. The highest BCUT2D eigenvalue weighted by Crippen LogP contribution is 2.29. The predicted molar refractivity (Wildman–Crippen MR) is 68.4 cm³/mol. The van der Waals surface area contributed by atoms with E-state index >= 15 is 0 Å². The van der Waals surface area contributed by atoms with E-state index in [2.05, 4.69) is 41.8 Å². The molecule has 0 saturated carbocycles. The van der Waals surface area contributed by atoms with Crippen LogP contribution in [0.25, 0.3) is 0 Å². The summed E-state index contributed by atoms with van der Waals surface area (Å²) < 4.78 is 0. The van der Waals surface area contributed by atoms with Gasteiger partial charge in [-0.1, -0.05) is 30.4 Å². The van der Waals surface area contributed by atoms with Crippen LogP contribution in [0.1, 0.15) is 42.9 Å². The summed E-state index contributed by atoms with van der Waals surface area (Å²) in [7, 11) is 0. The average molecular weight is 218 g/mol. The molecule has 0 aliphatic heterocycles. The molecule has 0 radical (unpaired) electrons. The maximum Gasteiger partial charge on any atom is 0.00793 e. The molecule has 1 unspecified atom stereocenters. The van der Waals surface area contributed by atoms with Crippen LogP contribution in [0.3, 0.4) is 0 Å². The van der Waals surface area contributed by atoms with Gasteiger partial charge < -0.3 is 0 Å². The molecule has 1 aromatic rings. The molecule has 1 atom stereocenters. The molecule has 0 fully saturated rings. The molecule has 1 aliphatic carbocycles. The zero-order valence-corrected chi connectivity index (χ0v) is 9.88. The van der Waals surface area contributed by atoms with Crippen LogP contribution in [-0.4, -0.2) is 0 Å². The van der Waals surface area contributed by atoms with E-state index in [1.165, 1.54) is 32.1 Å². The maximum atomic E-state index is 2.36. The second kappa shape index (κ2) is 5.92. The highest BCUT2D eigenvalue weighted by Gasteiger charge is 2.10. The van der Waals surface area contributed by atoms with Crippen molar-refractivity contribution in [3.8, 4) is 0 Å². The normalized spacial score (nSPS) is 27.1. The van der Waals surface area contributed by atoms with Crippen molar-refractivity contribution in [2.24, 2.45) is 0 Å². The lowest BCUT2D eigenvalue weighted by molar-refractivity contribution is 0.648. The van der Waals surface area contributed by atoms with Crippen molar-refractivity contribution in [2.45, 2.75) is 38.0 Å². The summed E-state index contributed by atoms with van der Waals surface area (Å²) in [6.45, 7) is 0. The number of hydrogen-bond acceptors (Lipinski definition) is 1. The molecule has 0 bridgehead atoms. The van der Waals surface area contributed by atoms with Crippen molar-refractivity contribution in [3.63, 3.8) is 0 Å². The van der Waals surface area contributed by atoms with Crippen LogP contribution in [0.2, 0.25) is 0 Å². The van der Waals surface area contributed by atoms with Crippen LogP contribution < -0.4 is 0 Å². The molecule has 1 heteroatoms. The molecule has 80 valence electrons. The van der Waals surface area contributed by atoms with Gasteiger partial charge in [-0.25, -0.2) is 0 Å². The molecular weight excluding hydrogens is 200 g/mol. The van der Waals surface area contributed by atoms with Gasteiger partial charge in [0.2, 0.25) is 0 Å². The van der Waals surface area contributed by atoms with Gasteiger partial charge in [0.25, 0.3) is 0 Å². The fourth-order valence-corrected chi connectivity index (χ4v) is 2.88. The van der Waals surface area contributed by atoms with E-state index in [0.29, 0.717) is 0 Å². The Bertz CT molecular complexity index is 319. The standard InChI is InChI=1S/C14H18S/c1-2-4-6-9-13(10-7-5-3-1)14-11-8-12-15-14/h2,4-5,7-8,11-13H,1,3,6,9-10H2/b4-2-,7-5-. The van der Waals surface area contributed by atoms with E-state index in [-0.39, 0.29) is 0 Å². The predicted octanol–water partition coefficient (Wildman–Crippen LogP) is 4.91. The van der Waals surface area contributed by atoms with E-state index in [1.807, 2.05) is 11.3 Å². The maximum absolute atomic E-state index is 2.36. The van der Waals surface area contributed by atoms with E-state index in [4.69, 9.17) is 0 Å². The van der Waals surface area contributed by atoms with Gasteiger partial charge in [0.1, 0.15) is 0 Å². The monoisotopic (exact) mass is 218 g/mol. The Morgan fingerprint density at radius 3 is 2.60 bits per heavy atom. The molecule has 0 amide bonds. The minimum Gasteiger partial charge on any atom is -0.149 e. The van der Waals surface area contributed by atoms with Crippen LogP contribution in [0.15, 0.2) is 41.8 Å². The first-order valence-electron chi connectivity index (χ1n) is 5.80. The van der Waals surface area contributed by atoms with Gasteiger partial charge in [-0.15, -0.1) is 11.3 Å². The van der Waals surface area contributed by atoms with Gasteiger partial charge in [-0.3, -0.25) is 0 Å². The molecule has 0 saturated heterocycles. The second-order valence-corrected chi connectivity index (χ2v) is 5.02. The average Bonchev–Trinajstić information content (AvgIpc) is 2.79. The van der Waals surface area contributed by atoms with Crippen molar-refractivity contribution in [1.82, 2.24) is 0 Å². The second-order valence-electron chi connectivity index (χ2n) is 4.05. The fraction of sp³-hybridized carbons (Fsp3) is 0.429. The van der Waals surface area contributed by atoms with Crippen molar-refractivity contribution in [3.05, 3.63) is 46.7 Å². The first-order chi connectivity index (χ1) is 7.47. The Balaban J connectivity index is 2.02. The third-order valence-corrected chi connectivity index (χ3v) is 3.92. The first-order valence-corrected chi connectivity index (χ1v) is 6.68. The molecule has 0 aromatic carbocycles. The van der Waals surface area contributed by atoms with Crippen LogP contribution >= 0.6 is 11.3 Å². The number of rotatable bonds is 1. The molecule has 0 nitrogen and oxygen atoms in total. The number of allylic oxidation sites excluding steroid dienone is 4. The molecule has 1 heterocycles. The zero-order valence-electron chi connectivity index (χ0n) is 9.06. The Hall–Kier alpha value is -0.820. The van der Waals surface area contributed by atoms with Crippen LogP contribution in [0.5, 0.6) is 0 Å². The minimum absolute atomic E-state index is 0.740. The van der Waals surface area contributed by atoms with E-state index in [0.717, 1.165) is 5.92 Å². The highest BCUT2D eigenvalue weighted by atomic mass is 32.1. The van der Waals surface area contributed by atoms with E-state index in [9.17, 15) is 0 Å². The summed E-state index contributed by atoms with van der Waals surface area (Å²) in [5.41, 5.74) is 0. The van der Waals surface area contributed by atoms with Crippen molar-refractivity contribution >= 4 is 11.3 Å². The van der Waals surface area contributed by atoms with Crippen LogP contribution in [-0.2, 0) is 0 Å². The molecular formula is C14H18S. The van der Waals surface area contributed by atoms with Gasteiger partial charge in [-0.05, 0) is 49.5 Å². The summed E-state index contributed by atoms with van der Waals surface area (Å²) in [6.07, 6.45) is 15.5. The number of thiophene rings is 1. The number of hydrogen-bond donors (Lipinski definition) is 0. The largest absolute Gasteiger partial charge is 0.149 e. The van der Waals surface area contributed by atoms with Crippen LogP contribution in [0, 0.1) is 0 Å². The Morgan fingerprint density at radius 2 is 1.80 bits per heavy atom. The Labute approximate surface area is 96.3 Å². The lowest BCUT2D eigenvalue weighted by Gasteiger charge is -2.12. The van der Waals surface area contributed by atoms with Gasteiger partial charge in [0.05, 0.1) is 0 Å². The van der Waals surface area contributed by atoms with Gasteiger partial charge in [0.15, 0.2) is 0 Å². The minimum atomic E-state index is 0.740. The summed E-state index contributed by atoms with van der Waals surface area (Å²) in [4.78, 5) is 1.55. The third-order valence-electron chi connectivity index (χ3n) is 2.88. The zero-order chi connectivity index (χ0) is 10.3. The Morgan fingerprint density at radius 1 is 1.00 bits per heavy atom. The molecule has 0 spiro atoms. The van der Waals surface area contributed by atoms with Crippen molar-refractivity contribution in [2.75, 3.05) is 0 Å². The first kappa shape index (κ1) is 10.7. The molecule has 1 aromatic heterocycles. The summed E-state index contributed by atoms with van der Waals surface area (Å²) in [5, 5.41) is 2.19. The Kier molecular flexibility index (Phi) is 4.22. The van der Waals surface area contributed by atoms with Gasteiger partial charge in [-0.2, -0.15) is 0 Å². The molecule has 0 N–H and O–H groups in total. The lowest BCUT2D eigenvalue weighted by atomic mass is 9.96. The summed E-state index contributed by atoms with van der Waals surface area (Å²) >= 11 is 1.90. The quantitative estimate of drug-likeness (QED) is 0.588. The summed E-state index contributed by atoms with van der Waals surface area (Å²) in [6, 6.07) is 4.44. The fourth-order valence-electron chi connectivity index (χ4n) is 2.00. The van der Waals surface area contributed by atoms with E-state index < -0.39 is 0 Å². The lowest BCUT2D eigenvalue weighted by Crippen LogP contribution is -1.95. The SMILES string of the molecule is C1=C\CCC(c2cccs2)C/C=C\CC/1. The van der Waals surface area contributed by atoms with Crippen molar-refractivity contribution in [1.29, 1.82) is 0 Å². The van der Waals surface area contributed by atoms with Crippen LogP contribution in [0.4, 0.5) is 0 Å². The highest BCUT2D eigenvalue weighted by molar-refractivity contribution is 7.10. The van der Waals surface area contributed by atoms with Crippen molar-refractivity contribution < 1.29 is 0 Å². The topological polar surface area (TPSA) is 0 Å². The smallest absolute Gasteiger partial charge is 0.00793 e. The third kappa shape index (κ3) is 3.35. The molecule has 1 aliphatic rings. The molecule has 2 rings (SSSR count).